The van der Waals surface area contributed by atoms with E-state index in [1.807, 2.05) is 24.3 Å². The van der Waals surface area contributed by atoms with E-state index in [1.54, 1.807) is 30.7 Å². The van der Waals surface area contributed by atoms with Crippen molar-refractivity contribution in [2.45, 2.75) is 31.8 Å². The molecule has 0 aromatic carbocycles. The van der Waals surface area contributed by atoms with Gasteiger partial charge >= 0.3 is 0 Å². The third-order valence-electron chi connectivity index (χ3n) is 4.90. The lowest BCUT2D eigenvalue weighted by Crippen LogP contribution is -2.29. The first kappa shape index (κ1) is 20.5. The zero-order valence-electron chi connectivity index (χ0n) is 17.1. The zero-order chi connectivity index (χ0) is 21.3. The van der Waals surface area contributed by atoms with Crippen LogP contribution in [-0.2, 0) is 0 Å². The summed E-state index contributed by atoms with van der Waals surface area (Å²) in [4.78, 5) is 20.6. The minimum Gasteiger partial charge on any atom is -0.474 e. The first-order valence-electron chi connectivity index (χ1n) is 10.4. The van der Waals surface area contributed by atoms with Crippen LogP contribution in [0.5, 0.6) is 5.88 Å². The molecule has 0 unspecified atom stereocenters. The van der Waals surface area contributed by atoms with Crippen molar-refractivity contribution in [3.8, 4) is 5.88 Å². The predicted octanol–water partition coefficient (Wildman–Crippen LogP) is 3.17. The molecule has 3 heterocycles. The van der Waals surface area contributed by atoms with Gasteiger partial charge in [-0.05, 0) is 56.0 Å². The van der Waals surface area contributed by atoms with Gasteiger partial charge in [0.1, 0.15) is 11.9 Å². The number of ether oxygens (including phenoxy) is 1. The van der Waals surface area contributed by atoms with Gasteiger partial charge in [-0.1, -0.05) is 0 Å². The highest BCUT2D eigenvalue weighted by atomic mass is 16.5. The van der Waals surface area contributed by atoms with Gasteiger partial charge in [-0.25, -0.2) is 4.98 Å². The van der Waals surface area contributed by atoms with E-state index in [0.717, 1.165) is 18.5 Å². The summed E-state index contributed by atoms with van der Waals surface area (Å²) in [6.45, 7) is 0.961. The topological polar surface area (TPSA) is 114 Å². The van der Waals surface area contributed by atoms with E-state index in [9.17, 15) is 4.79 Å². The molecule has 3 N–H and O–H groups in total. The molecule has 4 rings (SSSR count). The third kappa shape index (κ3) is 6.11. The number of rotatable bonds is 9. The standard InChI is InChI=1S/C22H25N7O2/c30-22(16-7-10-21(26-14-16)31-18-5-1-2-6-18)25-13-12-24-19-8-9-20(29-28-19)27-17-4-3-11-23-15-17/h3-4,7-11,14-15,18H,1-2,5-6,12-13H2,(H,24,28)(H,25,30)(H,27,29). The summed E-state index contributed by atoms with van der Waals surface area (Å²) in [7, 11) is 0. The highest BCUT2D eigenvalue weighted by molar-refractivity contribution is 5.93. The molecule has 9 heteroatoms. The minimum atomic E-state index is -0.177. The molecule has 0 aliphatic heterocycles. The van der Waals surface area contributed by atoms with Crippen LogP contribution in [0.4, 0.5) is 17.3 Å². The summed E-state index contributed by atoms with van der Waals surface area (Å²) >= 11 is 0. The normalized spacial score (nSPS) is 13.5. The van der Waals surface area contributed by atoms with Crippen LogP contribution < -0.4 is 20.7 Å². The number of pyridine rings is 2. The van der Waals surface area contributed by atoms with E-state index in [2.05, 4.69) is 36.1 Å². The molecule has 1 fully saturated rings. The van der Waals surface area contributed by atoms with Crippen LogP contribution in [-0.4, -0.2) is 45.3 Å². The average Bonchev–Trinajstić information content (AvgIpc) is 3.32. The summed E-state index contributed by atoms with van der Waals surface area (Å²) in [5, 5.41) is 17.3. The number of anilines is 3. The number of nitrogens with one attached hydrogen (secondary N) is 3. The fourth-order valence-corrected chi connectivity index (χ4v) is 3.31. The zero-order valence-corrected chi connectivity index (χ0v) is 17.1. The molecular weight excluding hydrogens is 394 g/mol. The Labute approximate surface area is 180 Å². The van der Waals surface area contributed by atoms with Crippen molar-refractivity contribution in [3.05, 3.63) is 60.6 Å². The lowest BCUT2D eigenvalue weighted by molar-refractivity contribution is 0.0954. The van der Waals surface area contributed by atoms with Crippen LogP contribution in [0.15, 0.2) is 55.0 Å². The van der Waals surface area contributed by atoms with E-state index in [4.69, 9.17) is 4.74 Å². The molecule has 160 valence electrons. The fourth-order valence-electron chi connectivity index (χ4n) is 3.31. The molecule has 9 nitrogen and oxygen atoms in total. The Bertz CT molecular complexity index is 959. The summed E-state index contributed by atoms with van der Waals surface area (Å²) in [6, 6.07) is 10.9. The number of amides is 1. The van der Waals surface area contributed by atoms with Crippen LogP contribution in [0, 0.1) is 0 Å². The van der Waals surface area contributed by atoms with Gasteiger partial charge in [0, 0.05) is 31.5 Å². The largest absolute Gasteiger partial charge is 0.474 e. The van der Waals surface area contributed by atoms with E-state index >= 15 is 0 Å². The van der Waals surface area contributed by atoms with Crippen LogP contribution in [0.1, 0.15) is 36.0 Å². The van der Waals surface area contributed by atoms with Gasteiger partial charge in [-0.15, -0.1) is 10.2 Å². The Morgan fingerprint density at radius 1 is 1.00 bits per heavy atom. The maximum Gasteiger partial charge on any atom is 0.252 e. The summed E-state index contributed by atoms with van der Waals surface area (Å²) in [5.74, 6) is 1.65. The van der Waals surface area contributed by atoms with Crippen molar-refractivity contribution in [1.82, 2.24) is 25.5 Å². The Hall–Kier alpha value is -3.75. The number of nitrogens with zero attached hydrogens (tertiary/aromatic N) is 4. The van der Waals surface area contributed by atoms with Crippen molar-refractivity contribution < 1.29 is 9.53 Å². The summed E-state index contributed by atoms with van der Waals surface area (Å²) < 4.78 is 5.83. The lowest BCUT2D eigenvalue weighted by Gasteiger charge is -2.12. The molecule has 31 heavy (non-hydrogen) atoms. The second-order valence-electron chi connectivity index (χ2n) is 7.26. The second-order valence-corrected chi connectivity index (χ2v) is 7.26. The minimum absolute atomic E-state index is 0.177. The molecule has 0 bridgehead atoms. The Balaban J connectivity index is 1.17. The van der Waals surface area contributed by atoms with Crippen LogP contribution >= 0.6 is 0 Å². The van der Waals surface area contributed by atoms with E-state index < -0.39 is 0 Å². The Kier molecular flexibility index (Phi) is 6.84. The molecule has 1 aliphatic rings. The maximum atomic E-state index is 12.3. The molecule has 0 spiro atoms. The Morgan fingerprint density at radius 2 is 1.84 bits per heavy atom. The molecule has 3 aromatic heterocycles. The monoisotopic (exact) mass is 419 g/mol. The van der Waals surface area contributed by atoms with E-state index in [0.29, 0.717) is 36.2 Å². The average molecular weight is 419 g/mol. The van der Waals surface area contributed by atoms with Crippen LogP contribution in [0.3, 0.4) is 0 Å². The number of carbonyl (C=O) groups excluding carboxylic acids is 1. The number of hydrogen-bond donors (Lipinski definition) is 3. The summed E-state index contributed by atoms with van der Waals surface area (Å²) in [6.07, 6.45) is 9.78. The van der Waals surface area contributed by atoms with E-state index in [-0.39, 0.29) is 12.0 Å². The Morgan fingerprint density at radius 3 is 2.55 bits per heavy atom. The number of aromatic nitrogens is 4. The van der Waals surface area contributed by atoms with Crippen molar-refractivity contribution in [2.24, 2.45) is 0 Å². The molecular formula is C22H25N7O2. The highest BCUT2D eigenvalue weighted by Gasteiger charge is 2.17. The van der Waals surface area contributed by atoms with Crippen molar-refractivity contribution in [3.63, 3.8) is 0 Å². The second kappa shape index (κ2) is 10.3. The van der Waals surface area contributed by atoms with Crippen LogP contribution in [0.2, 0.25) is 0 Å². The molecule has 0 atom stereocenters. The molecule has 0 saturated heterocycles. The molecule has 3 aromatic rings. The number of hydrogen-bond acceptors (Lipinski definition) is 8. The molecule has 1 saturated carbocycles. The van der Waals surface area contributed by atoms with Gasteiger partial charge in [-0.2, -0.15) is 0 Å². The van der Waals surface area contributed by atoms with Gasteiger partial charge in [0.15, 0.2) is 5.82 Å². The molecule has 0 radical (unpaired) electrons. The fraction of sp³-hybridized carbons (Fsp3) is 0.318. The first-order chi connectivity index (χ1) is 15.3. The maximum absolute atomic E-state index is 12.3. The van der Waals surface area contributed by atoms with Gasteiger partial charge in [0.2, 0.25) is 5.88 Å². The first-order valence-corrected chi connectivity index (χ1v) is 10.4. The highest BCUT2D eigenvalue weighted by Crippen LogP contribution is 2.22. The molecule has 1 amide bonds. The quantitative estimate of drug-likeness (QED) is 0.453. The van der Waals surface area contributed by atoms with Gasteiger partial charge in [0.25, 0.3) is 5.91 Å². The van der Waals surface area contributed by atoms with Crippen molar-refractivity contribution in [2.75, 3.05) is 23.7 Å². The van der Waals surface area contributed by atoms with Crippen LogP contribution in [0.25, 0.3) is 0 Å². The van der Waals surface area contributed by atoms with Crippen molar-refractivity contribution in [1.29, 1.82) is 0 Å². The molecule has 1 aliphatic carbocycles. The SMILES string of the molecule is O=C(NCCNc1ccc(Nc2cccnc2)nn1)c1ccc(OC2CCCC2)nc1. The summed E-state index contributed by atoms with van der Waals surface area (Å²) in [5.41, 5.74) is 1.34. The number of carbonyl (C=O) groups is 1. The van der Waals surface area contributed by atoms with Gasteiger partial charge in [-0.3, -0.25) is 9.78 Å². The van der Waals surface area contributed by atoms with E-state index in [1.165, 1.54) is 12.8 Å². The lowest BCUT2D eigenvalue weighted by atomic mass is 10.2. The smallest absolute Gasteiger partial charge is 0.252 e. The van der Waals surface area contributed by atoms with Crippen molar-refractivity contribution >= 4 is 23.2 Å². The third-order valence-corrected chi connectivity index (χ3v) is 4.90. The van der Waals surface area contributed by atoms with Gasteiger partial charge in [0.05, 0.1) is 17.4 Å². The van der Waals surface area contributed by atoms with Gasteiger partial charge < -0.3 is 20.7 Å². The predicted molar refractivity (Wildman–Crippen MR) is 117 cm³/mol.